The Morgan fingerprint density at radius 1 is 1.10 bits per heavy atom. The van der Waals surface area contributed by atoms with Crippen LogP contribution in [0.1, 0.15) is 17.5 Å². The number of aryl methyl sites for hydroxylation is 1. The van der Waals surface area contributed by atoms with Crippen molar-refractivity contribution in [3.05, 3.63) is 59.7 Å². The van der Waals surface area contributed by atoms with Gasteiger partial charge in [0.15, 0.2) is 0 Å². The fraction of sp³-hybridized carbons (Fsp3) is 0.235. The number of hydrogen-bond acceptors (Lipinski definition) is 2. The normalized spacial score (nSPS) is 10.3. The van der Waals surface area contributed by atoms with Crippen LogP contribution in [0, 0.1) is 6.92 Å². The first-order valence-electron chi connectivity index (χ1n) is 6.82. The van der Waals surface area contributed by atoms with Crippen molar-refractivity contribution >= 4 is 5.91 Å². The summed E-state index contributed by atoms with van der Waals surface area (Å²) >= 11 is 0. The number of nitrogens with two attached hydrogens (primary N) is 1. The minimum absolute atomic E-state index is 0.00606. The van der Waals surface area contributed by atoms with E-state index in [1.165, 1.54) is 16.7 Å². The summed E-state index contributed by atoms with van der Waals surface area (Å²) in [6.07, 6.45) is 0.373. The lowest BCUT2D eigenvalue weighted by molar-refractivity contribution is -0.121. The lowest BCUT2D eigenvalue weighted by atomic mass is 10.0. The van der Waals surface area contributed by atoms with Crippen molar-refractivity contribution in [3.63, 3.8) is 0 Å². The highest BCUT2D eigenvalue weighted by atomic mass is 16.1. The number of nitrogens with one attached hydrogen (secondary N) is 1. The van der Waals surface area contributed by atoms with Crippen molar-refractivity contribution in [2.75, 3.05) is 6.54 Å². The largest absolute Gasteiger partial charge is 0.352 e. The molecule has 0 heterocycles. The van der Waals surface area contributed by atoms with Gasteiger partial charge in [0, 0.05) is 19.5 Å². The fourth-order valence-corrected chi connectivity index (χ4v) is 2.11. The molecule has 2 aromatic carbocycles. The average Bonchev–Trinajstić information content (AvgIpc) is 2.46. The molecular formula is C17H20N2O. The van der Waals surface area contributed by atoms with E-state index < -0.39 is 0 Å². The van der Waals surface area contributed by atoms with Crippen LogP contribution in [-0.4, -0.2) is 12.5 Å². The first-order chi connectivity index (χ1) is 9.69. The average molecular weight is 268 g/mol. The lowest BCUT2D eigenvalue weighted by Gasteiger charge is -2.08. The van der Waals surface area contributed by atoms with E-state index in [4.69, 9.17) is 5.73 Å². The molecule has 3 N–H and O–H groups in total. The number of rotatable bonds is 5. The Kier molecular flexibility index (Phi) is 4.91. The zero-order chi connectivity index (χ0) is 14.4. The van der Waals surface area contributed by atoms with Crippen LogP contribution in [0.25, 0.3) is 11.1 Å². The Morgan fingerprint density at radius 3 is 2.50 bits per heavy atom. The molecule has 0 aliphatic heterocycles. The van der Waals surface area contributed by atoms with E-state index >= 15 is 0 Å². The summed E-state index contributed by atoms with van der Waals surface area (Å²) in [4.78, 5) is 11.4. The van der Waals surface area contributed by atoms with Gasteiger partial charge in [-0.3, -0.25) is 4.79 Å². The molecule has 0 fully saturated rings. The summed E-state index contributed by atoms with van der Waals surface area (Å²) in [7, 11) is 0. The molecule has 0 aliphatic carbocycles. The fourth-order valence-electron chi connectivity index (χ4n) is 2.11. The number of hydrogen-bond donors (Lipinski definition) is 2. The molecule has 3 nitrogen and oxygen atoms in total. The Bertz CT molecular complexity index is 593. The quantitative estimate of drug-likeness (QED) is 0.876. The van der Waals surface area contributed by atoms with E-state index in [1.54, 1.807) is 0 Å². The third-order valence-corrected chi connectivity index (χ3v) is 3.14. The van der Waals surface area contributed by atoms with Crippen LogP contribution in [-0.2, 0) is 11.3 Å². The third kappa shape index (κ3) is 3.93. The van der Waals surface area contributed by atoms with Gasteiger partial charge in [-0.05, 0) is 29.7 Å². The van der Waals surface area contributed by atoms with Gasteiger partial charge < -0.3 is 11.1 Å². The Hall–Kier alpha value is -2.13. The highest BCUT2D eigenvalue weighted by molar-refractivity contribution is 5.76. The second kappa shape index (κ2) is 6.87. The SMILES string of the molecule is Cc1cccc(-c2cccc(CNC(=O)CCN)c2)c1. The van der Waals surface area contributed by atoms with Gasteiger partial charge in [-0.1, -0.05) is 48.0 Å². The summed E-state index contributed by atoms with van der Waals surface area (Å²) in [5, 5.41) is 2.87. The molecule has 0 saturated carbocycles. The van der Waals surface area contributed by atoms with Crippen LogP contribution < -0.4 is 11.1 Å². The van der Waals surface area contributed by atoms with Gasteiger partial charge in [0.2, 0.25) is 5.91 Å². The minimum Gasteiger partial charge on any atom is -0.352 e. The molecule has 1 amide bonds. The topological polar surface area (TPSA) is 55.1 Å². The molecule has 0 aromatic heterocycles. The molecule has 0 bridgehead atoms. The number of amides is 1. The van der Waals surface area contributed by atoms with Crippen LogP contribution in [0.2, 0.25) is 0 Å². The molecule has 20 heavy (non-hydrogen) atoms. The number of carbonyl (C=O) groups is 1. The highest BCUT2D eigenvalue weighted by Gasteiger charge is 2.02. The molecule has 2 rings (SSSR count). The Labute approximate surface area is 119 Å². The maximum absolute atomic E-state index is 11.4. The van der Waals surface area contributed by atoms with Gasteiger partial charge >= 0.3 is 0 Å². The number of benzene rings is 2. The second-order valence-corrected chi connectivity index (χ2v) is 4.89. The standard InChI is InChI=1S/C17H20N2O/c1-13-4-2-6-15(10-13)16-7-3-5-14(11-16)12-19-17(20)8-9-18/h2-7,10-11H,8-9,12,18H2,1H3,(H,19,20). The van der Waals surface area contributed by atoms with E-state index in [9.17, 15) is 4.79 Å². The predicted molar refractivity (Wildman–Crippen MR) is 82.1 cm³/mol. The van der Waals surface area contributed by atoms with Crippen molar-refractivity contribution in [1.82, 2.24) is 5.32 Å². The minimum atomic E-state index is -0.00606. The van der Waals surface area contributed by atoms with Crippen LogP contribution >= 0.6 is 0 Å². The molecule has 0 spiro atoms. The second-order valence-electron chi connectivity index (χ2n) is 4.89. The van der Waals surface area contributed by atoms with E-state index in [2.05, 4.69) is 48.6 Å². The molecule has 0 atom stereocenters. The van der Waals surface area contributed by atoms with Crippen molar-refractivity contribution in [2.45, 2.75) is 19.9 Å². The summed E-state index contributed by atoms with van der Waals surface area (Å²) in [5.41, 5.74) is 10.0. The first-order valence-corrected chi connectivity index (χ1v) is 6.82. The zero-order valence-electron chi connectivity index (χ0n) is 11.7. The van der Waals surface area contributed by atoms with Crippen LogP contribution in [0.4, 0.5) is 0 Å². The van der Waals surface area contributed by atoms with Gasteiger partial charge in [-0.2, -0.15) is 0 Å². The van der Waals surface area contributed by atoms with Gasteiger partial charge in [0.25, 0.3) is 0 Å². The molecule has 0 saturated heterocycles. The van der Waals surface area contributed by atoms with Crippen LogP contribution in [0.5, 0.6) is 0 Å². The smallest absolute Gasteiger partial charge is 0.221 e. The number of carbonyl (C=O) groups excluding carboxylic acids is 1. The van der Waals surface area contributed by atoms with Gasteiger partial charge in [-0.25, -0.2) is 0 Å². The summed E-state index contributed by atoms with van der Waals surface area (Å²) in [5.74, 6) is -0.00606. The predicted octanol–water partition coefficient (Wildman–Crippen LogP) is 2.63. The van der Waals surface area contributed by atoms with Crippen molar-refractivity contribution < 1.29 is 4.79 Å². The molecule has 104 valence electrons. The molecular weight excluding hydrogens is 248 g/mol. The summed E-state index contributed by atoms with van der Waals surface area (Å²) in [6.45, 7) is 3.01. The maximum Gasteiger partial charge on any atom is 0.221 e. The van der Waals surface area contributed by atoms with E-state index in [-0.39, 0.29) is 5.91 Å². The molecule has 0 aliphatic rings. The van der Waals surface area contributed by atoms with Gasteiger partial charge in [-0.15, -0.1) is 0 Å². The third-order valence-electron chi connectivity index (χ3n) is 3.14. The van der Waals surface area contributed by atoms with Crippen molar-refractivity contribution in [2.24, 2.45) is 5.73 Å². The lowest BCUT2D eigenvalue weighted by Crippen LogP contribution is -2.24. The van der Waals surface area contributed by atoms with Crippen molar-refractivity contribution in [1.29, 1.82) is 0 Å². The molecule has 2 aromatic rings. The monoisotopic (exact) mass is 268 g/mol. The zero-order valence-corrected chi connectivity index (χ0v) is 11.7. The van der Waals surface area contributed by atoms with E-state index in [1.807, 2.05) is 12.1 Å². The molecule has 0 unspecified atom stereocenters. The summed E-state index contributed by atoms with van der Waals surface area (Å²) in [6, 6.07) is 16.6. The van der Waals surface area contributed by atoms with Gasteiger partial charge in [0.05, 0.1) is 0 Å². The van der Waals surface area contributed by atoms with E-state index in [0.717, 1.165) is 5.56 Å². The van der Waals surface area contributed by atoms with Gasteiger partial charge in [0.1, 0.15) is 0 Å². The van der Waals surface area contributed by atoms with E-state index in [0.29, 0.717) is 19.5 Å². The highest BCUT2D eigenvalue weighted by Crippen LogP contribution is 2.21. The van der Waals surface area contributed by atoms with Crippen LogP contribution in [0.15, 0.2) is 48.5 Å². The van der Waals surface area contributed by atoms with Crippen molar-refractivity contribution in [3.8, 4) is 11.1 Å². The molecule has 0 radical (unpaired) electrons. The Balaban J connectivity index is 2.10. The molecule has 3 heteroatoms. The summed E-state index contributed by atoms with van der Waals surface area (Å²) < 4.78 is 0. The van der Waals surface area contributed by atoms with Crippen LogP contribution in [0.3, 0.4) is 0 Å². The maximum atomic E-state index is 11.4. The Morgan fingerprint density at radius 2 is 1.80 bits per heavy atom. The first kappa shape index (κ1) is 14.3.